The summed E-state index contributed by atoms with van der Waals surface area (Å²) in [5.41, 5.74) is 1.44. The number of nitrogens with zero attached hydrogens (tertiary/aromatic N) is 4. The predicted molar refractivity (Wildman–Crippen MR) is 119 cm³/mol. The summed E-state index contributed by atoms with van der Waals surface area (Å²) in [5.74, 6) is 0.968. The Morgan fingerprint density at radius 2 is 1.84 bits per heavy atom. The van der Waals surface area contributed by atoms with Crippen molar-refractivity contribution in [2.24, 2.45) is 0 Å². The summed E-state index contributed by atoms with van der Waals surface area (Å²) in [6, 6.07) is 14.0. The zero-order valence-corrected chi connectivity index (χ0v) is 18.2. The summed E-state index contributed by atoms with van der Waals surface area (Å²) in [4.78, 5) is 22.2. The molecule has 0 bridgehead atoms. The zero-order chi connectivity index (χ0) is 21.7. The fraction of sp³-hybridized carbons (Fsp3) is 0.500. The molecule has 1 aromatic carbocycles. The van der Waals surface area contributed by atoms with Crippen molar-refractivity contribution in [3.8, 4) is 5.75 Å². The first kappa shape index (κ1) is 21.7. The first-order chi connectivity index (χ1) is 15.0. The maximum absolute atomic E-state index is 11.5. The van der Waals surface area contributed by atoms with Gasteiger partial charge in [-0.25, -0.2) is 0 Å². The summed E-state index contributed by atoms with van der Waals surface area (Å²) in [5, 5.41) is 11.1. The first-order valence-corrected chi connectivity index (χ1v) is 11.0. The second-order valence-electron chi connectivity index (χ2n) is 8.72. The number of ether oxygens (including phenoxy) is 1. The zero-order valence-electron chi connectivity index (χ0n) is 18.2. The molecule has 2 aromatic rings. The number of piperazine rings is 1. The number of hydrogen-bond acceptors (Lipinski definition) is 6. The van der Waals surface area contributed by atoms with Crippen molar-refractivity contribution in [3.05, 3.63) is 59.9 Å². The van der Waals surface area contributed by atoms with Crippen LogP contribution in [0, 0.1) is 0 Å². The van der Waals surface area contributed by atoms with Crippen LogP contribution in [0.4, 0.5) is 0 Å². The summed E-state index contributed by atoms with van der Waals surface area (Å²) >= 11 is 0. The molecule has 4 rings (SSSR count). The number of β-amino-alcohol motifs (C(OH)–C–C–N with tert-alkyl or cyclic N) is 1. The Labute approximate surface area is 184 Å². The highest BCUT2D eigenvalue weighted by Gasteiger charge is 2.38. The van der Waals surface area contributed by atoms with Crippen LogP contribution >= 0.6 is 0 Å². The van der Waals surface area contributed by atoms with Crippen molar-refractivity contribution in [2.75, 3.05) is 45.8 Å². The molecule has 1 amide bonds. The molecule has 1 N–H and O–H groups in total. The Balaban J connectivity index is 1.23. The molecule has 1 unspecified atom stereocenters. The third kappa shape index (κ3) is 6.03. The molecular weight excluding hydrogens is 392 g/mol. The van der Waals surface area contributed by atoms with Crippen LogP contribution in [0.15, 0.2) is 48.7 Å². The van der Waals surface area contributed by atoms with E-state index in [1.807, 2.05) is 35.2 Å². The van der Waals surface area contributed by atoms with Crippen LogP contribution in [0.1, 0.15) is 24.6 Å². The van der Waals surface area contributed by atoms with Gasteiger partial charge in [-0.05, 0) is 36.2 Å². The van der Waals surface area contributed by atoms with E-state index in [9.17, 15) is 9.90 Å². The quantitative estimate of drug-likeness (QED) is 0.731. The Hall–Kier alpha value is -2.48. The van der Waals surface area contributed by atoms with Gasteiger partial charge in [0.25, 0.3) is 0 Å². The van der Waals surface area contributed by atoms with Crippen LogP contribution in [0.5, 0.6) is 5.75 Å². The van der Waals surface area contributed by atoms with E-state index >= 15 is 0 Å². The van der Waals surface area contributed by atoms with E-state index in [0.717, 1.165) is 57.1 Å². The van der Waals surface area contributed by atoms with Gasteiger partial charge in [0.15, 0.2) is 0 Å². The van der Waals surface area contributed by atoms with Crippen molar-refractivity contribution in [1.82, 2.24) is 19.7 Å². The van der Waals surface area contributed by atoms with Gasteiger partial charge in [-0.2, -0.15) is 0 Å². The van der Waals surface area contributed by atoms with Crippen molar-refractivity contribution in [1.29, 1.82) is 0 Å². The summed E-state index contributed by atoms with van der Waals surface area (Å²) in [7, 11) is 0. The van der Waals surface area contributed by atoms with Gasteiger partial charge in [0.2, 0.25) is 5.91 Å². The normalized spacial score (nSPS) is 22.6. The van der Waals surface area contributed by atoms with E-state index in [2.05, 4.69) is 26.9 Å². The highest BCUT2D eigenvalue weighted by molar-refractivity contribution is 5.73. The third-order valence-corrected chi connectivity index (χ3v) is 6.19. The number of carbonyl (C=O) groups excluding carboxylic acids is 1. The van der Waals surface area contributed by atoms with Crippen molar-refractivity contribution in [3.63, 3.8) is 0 Å². The fourth-order valence-corrected chi connectivity index (χ4v) is 4.43. The van der Waals surface area contributed by atoms with E-state index in [-0.39, 0.29) is 5.91 Å². The van der Waals surface area contributed by atoms with Gasteiger partial charge in [-0.15, -0.1) is 0 Å². The van der Waals surface area contributed by atoms with E-state index in [1.165, 1.54) is 5.56 Å². The topological polar surface area (TPSA) is 69.1 Å². The second-order valence-corrected chi connectivity index (χ2v) is 8.72. The molecule has 2 fully saturated rings. The molecule has 1 atom stereocenters. The molecular formula is C24H32N4O3. The van der Waals surface area contributed by atoms with Crippen LogP contribution in [-0.4, -0.2) is 82.1 Å². The van der Waals surface area contributed by atoms with E-state index < -0.39 is 5.60 Å². The lowest BCUT2D eigenvalue weighted by Crippen LogP contribution is -2.53. The van der Waals surface area contributed by atoms with Gasteiger partial charge in [-0.1, -0.05) is 18.2 Å². The number of carbonyl (C=O) groups is 1. The Morgan fingerprint density at radius 1 is 1.06 bits per heavy atom. The van der Waals surface area contributed by atoms with E-state index in [4.69, 9.17) is 4.74 Å². The van der Waals surface area contributed by atoms with Gasteiger partial charge >= 0.3 is 0 Å². The minimum atomic E-state index is -0.676. The maximum Gasteiger partial charge on any atom is 0.219 e. The highest BCUT2D eigenvalue weighted by Crippen LogP contribution is 2.25. The summed E-state index contributed by atoms with van der Waals surface area (Å²) in [6.45, 7) is 8.32. The number of pyridine rings is 1. The Kier molecular flexibility index (Phi) is 6.85. The van der Waals surface area contributed by atoms with Crippen LogP contribution in [-0.2, 0) is 17.9 Å². The van der Waals surface area contributed by atoms with Gasteiger partial charge in [-0.3, -0.25) is 19.6 Å². The van der Waals surface area contributed by atoms with E-state index in [1.54, 1.807) is 13.1 Å². The molecule has 7 nitrogen and oxygen atoms in total. The largest absolute Gasteiger partial charge is 0.487 e. The third-order valence-electron chi connectivity index (χ3n) is 6.19. The van der Waals surface area contributed by atoms with Gasteiger partial charge in [0.1, 0.15) is 12.4 Å². The Morgan fingerprint density at radius 3 is 2.52 bits per heavy atom. The number of hydrogen-bond donors (Lipinski definition) is 1. The highest BCUT2D eigenvalue weighted by atomic mass is 16.5. The first-order valence-electron chi connectivity index (χ1n) is 11.0. The minimum Gasteiger partial charge on any atom is -0.487 e. The van der Waals surface area contributed by atoms with Crippen LogP contribution < -0.4 is 4.74 Å². The molecule has 7 heteroatoms. The van der Waals surface area contributed by atoms with E-state index in [0.29, 0.717) is 19.7 Å². The second kappa shape index (κ2) is 9.77. The smallest absolute Gasteiger partial charge is 0.219 e. The molecule has 2 aliphatic rings. The van der Waals surface area contributed by atoms with Crippen molar-refractivity contribution in [2.45, 2.75) is 32.1 Å². The van der Waals surface area contributed by atoms with Gasteiger partial charge in [0.05, 0.1) is 11.3 Å². The van der Waals surface area contributed by atoms with Crippen LogP contribution in [0.25, 0.3) is 0 Å². The summed E-state index contributed by atoms with van der Waals surface area (Å²) < 4.78 is 5.81. The standard InChI is InChI=1S/C24H32N4O3/c1-20(29)28-14-12-26(13-15-28)18-24(30)9-11-27(19-24)16-21-5-7-23(8-6-21)31-17-22-4-2-3-10-25-22/h2-8,10,30H,9,11-19H2,1H3. The average Bonchev–Trinajstić information content (AvgIpc) is 3.14. The lowest BCUT2D eigenvalue weighted by atomic mass is 10.0. The number of aliphatic hydroxyl groups is 1. The van der Waals surface area contributed by atoms with Crippen LogP contribution in [0.2, 0.25) is 0 Å². The van der Waals surface area contributed by atoms with Crippen LogP contribution in [0.3, 0.4) is 0 Å². The molecule has 0 saturated carbocycles. The maximum atomic E-state index is 11.5. The molecule has 0 spiro atoms. The number of amides is 1. The lowest BCUT2D eigenvalue weighted by molar-refractivity contribution is -0.130. The molecule has 0 radical (unpaired) electrons. The lowest BCUT2D eigenvalue weighted by Gasteiger charge is -2.38. The number of benzene rings is 1. The molecule has 2 saturated heterocycles. The van der Waals surface area contributed by atoms with Crippen molar-refractivity contribution < 1.29 is 14.6 Å². The SMILES string of the molecule is CC(=O)N1CCN(CC2(O)CCN(Cc3ccc(OCc4ccccn4)cc3)C2)CC1. The van der Waals surface area contributed by atoms with Gasteiger partial charge < -0.3 is 14.7 Å². The molecule has 31 heavy (non-hydrogen) atoms. The number of aromatic nitrogens is 1. The molecule has 2 aliphatic heterocycles. The summed E-state index contributed by atoms with van der Waals surface area (Å²) in [6.07, 6.45) is 2.55. The average molecular weight is 425 g/mol. The number of rotatable bonds is 7. The predicted octanol–water partition coefficient (Wildman–Crippen LogP) is 1.76. The molecule has 1 aromatic heterocycles. The molecule has 3 heterocycles. The van der Waals surface area contributed by atoms with Gasteiger partial charge in [0, 0.05) is 65.5 Å². The fourth-order valence-electron chi connectivity index (χ4n) is 4.43. The molecule has 166 valence electrons. The number of likely N-dealkylation sites (tertiary alicyclic amines) is 1. The minimum absolute atomic E-state index is 0.138. The van der Waals surface area contributed by atoms with Crippen molar-refractivity contribution >= 4 is 5.91 Å². The monoisotopic (exact) mass is 424 g/mol. The molecule has 0 aliphatic carbocycles. The Bertz CT molecular complexity index is 853.